The molecule has 2 amide bonds. The molecule has 5 heteroatoms. The van der Waals surface area contributed by atoms with Crippen molar-refractivity contribution in [2.75, 3.05) is 25.4 Å². The predicted octanol–water partition coefficient (Wildman–Crippen LogP) is 0.230. The summed E-state index contributed by atoms with van der Waals surface area (Å²) in [6.45, 7) is 1.51. The van der Waals surface area contributed by atoms with E-state index in [1.54, 1.807) is 16.7 Å². The van der Waals surface area contributed by atoms with Crippen LogP contribution >= 0.6 is 11.8 Å². The van der Waals surface area contributed by atoms with Gasteiger partial charge >= 0.3 is 0 Å². The molecule has 0 aromatic carbocycles. The number of hydrogen-bond acceptors (Lipinski definition) is 3. The molecule has 2 rings (SSSR count). The highest BCUT2D eigenvalue weighted by molar-refractivity contribution is 8.00. The van der Waals surface area contributed by atoms with Gasteiger partial charge in [0.15, 0.2) is 0 Å². The van der Waals surface area contributed by atoms with Gasteiger partial charge in [-0.1, -0.05) is 6.42 Å². The molecule has 1 atom stereocenters. The van der Waals surface area contributed by atoms with Gasteiger partial charge in [0.1, 0.15) is 0 Å². The molecule has 1 unspecified atom stereocenters. The molecule has 2 heterocycles. The minimum Gasteiger partial charge on any atom is -0.353 e. The molecule has 0 aromatic rings. The van der Waals surface area contributed by atoms with Crippen molar-refractivity contribution in [3.05, 3.63) is 0 Å². The Morgan fingerprint density at radius 2 is 2.33 bits per heavy atom. The molecule has 0 saturated carbocycles. The normalized spacial score (nSPS) is 27.3. The molecule has 15 heavy (non-hydrogen) atoms. The first kappa shape index (κ1) is 10.8. The Morgan fingerprint density at radius 3 is 3.00 bits per heavy atom. The van der Waals surface area contributed by atoms with Crippen LogP contribution in [0.5, 0.6) is 0 Å². The lowest BCUT2D eigenvalue weighted by atomic mass is 10.1. The van der Waals surface area contributed by atoms with E-state index in [4.69, 9.17) is 0 Å². The molecular formula is C10H16N2O2S. The summed E-state index contributed by atoms with van der Waals surface area (Å²) in [6.07, 6.45) is 3.33. The second-order valence-corrected chi connectivity index (χ2v) is 5.28. The van der Waals surface area contributed by atoms with Crippen molar-refractivity contribution in [2.45, 2.75) is 24.5 Å². The van der Waals surface area contributed by atoms with E-state index < -0.39 is 0 Å². The summed E-state index contributed by atoms with van der Waals surface area (Å²) in [4.78, 5) is 24.9. The molecule has 0 spiro atoms. The molecular weight excluding hydrogens is 212 g/mol. The number of amides is 2. The average molecular weight is 228 g/mol. The smallest absolute Gasteiger partial charge is 0.239 e. The summed E-state index contributed by atoms with van der Waals surface area (Å²) >= 11 is 1.74. The second-order valence-electron chi connectivity index (χ2n) is 3.96. The lowest BCUT2D eigenvalue weighted by Gasteiger charge is -2.31. The minimum atomic E-state index is -0.0320. The fraction of sp³-hybridized carbons (Fsp3) is 0.800. The summed E-state index contributed by atoms with van der Waals surface area (Å²) in [5.41, 5.74) is 0. The van der Waals surface area contributed by atoms with Crippen LogP contribution in [0, 0.1) is 0 Å². The standard InChI is InChI=1S/C10H16N2O2S/c13-9-7-12(5-4-11-9)10(14)8-3-1-2-6-15-8/h8H,1-7H2,(H,11,13). The molecule has 0 aromatic heterocycles. The van der Waals surface area contributed by atoms with E-state index in [1.165, 1.54) is 6.42 Å². The van der Waals surface area contributed by atoms with Gasteiger partial charge in [-0.15, -0.1) is 11.8 Å². The van der Waals surface area contributed by atoms with Crippen molar-refractivity contribution < 1.29 is 9.59 Å². The summed E-state index contributed by atoms with van der Waals surface area (Å²) in [5.74, 6) is 1.21. The van der Waals surface area contributed by atoms with E-state index in [-0.39, 0.29) is 23.6 Å². The van der Waals surface area contributed by atoms with Gasteiger partial charge in [0.05, 0.1) is 11.8 Å². The average Bonchev–Trinajstić information content (AvgIpc) is 2.29. The van der Waals surface area contributed by atoms with Gasteiger partial charge in [0.25, 0.3) is 0 Å². The van der Waals surface area contributed by atoms with Gasteiger partial charge in [0, 0.05) is 13.1 Å². The number of carbonyl (C=O) groups excluding carboxylic acids is 2. The third kappa shape index (κ3) is 2.65. The highest BCUT2D eigenvalue weighted by Gasteiger charge is 2.29. The van der Waals surface area contributed by atoms with Crippen molar-refractivity contribution in [1.29, 1.82) is 0 Å². The zero-order valence-corrected chi connectivity index (χ0v) is 9.52. The first-order valence-corrected chi connectivity index (χ1v) is 6.49. The van der Waals surface area contributed by atoms with Crippen LogP contribution in [-0.2, 0) is 9.59 Å². The van der Waals surface area contributed by atoms with Crippen LogP contribution in [0.3, 0.4) is 0 Å². The number of nitrogens with one attached hydrogen (secondary N) is 1. The summed E-state index contributed by atoms with van der Waals surface area (Å²) in [7, 11) is 0. The van der Waals surface area contributed by atoms with Crippen molar-refractivity contribution in [3.63, 3.8) is 0 Å². The first-order valence-electron chi connectivity index (χ1n) is 5.44. The highest BCUT2D eigenvalue weighted by Crippen LogP contribution is 2.26. The largest absolute Gasteiger partial charge is 0.353 e. The quantitative estimate of drug-likeness (QED) is 0.699. The topological polar surface area (TPSA) is 49.4 Å². The fourth-order valence-corrected chi connectivity index (χ4v) is 3.25. The zero-order valence-electron chi connectivity index (χ0n) is 8.70. The Kier molecular flexibility index (Phi) is 3.51. The predicted molar refractivity (Wildman–Crippen MR) is 59.7 cm³/mol. The van der Waals surface area contributed by atoms with E-state index in [2.05, 4.69) is 5.32 Å². The van der Waals surface area contributed by atoms with E-state index in [0.29, 0.717) is 13.1 Å². The molecule has 84 valence electrons. The Bertz CT molecular complexity index is 264. The molecule has 0 bridgehead atoms. The Hall–Kier alpha value is -0.710. The van der Waals surface area contributed by atoms with Gasteiger partial charge in [0.2, 0.25) is 11.8 Å². The number of thioether (sulfide) groups is 1. The van der Waals surface area contributed by atoms with Crippen LogP contribution in [0.4, 0.5) is 0 Å². The maximum atomic E-state index is 12.0. The van der Waals surface area contributed by atoms with E-state index in [9.17, 15) is 9.59 Å². The van der Waals surface area contributed by atoms with Crippen molar-refractivity contribution >= 4 is 23.6 Å². The van der Waals surface area contributed by atoms with Crippen molar-refractivity contribution in [3.8, 4) is 0 Å². The number of rotatable bonds is 1. The Labute approximate surface area is 93.8 Å². The van der Waals surface area contributed by atoms with Gasteiger partial charge in [-0.2, -0.15) is 0 Å². The maximum absolute atomic E-state index is 12.0. The summed E-state index contributed by atoms with van der Waals surface area (Å²) in [6, 6.07) is 0. The van der Waals surface area contributed by atoms with Crippen LogP contribution in [-0.4, -0.2) is 47.4 Å². The molecule has 2 aliphatic rings. The third-order valence-electron chi connectivity index (χ3n) is 2.81. The van der Waals surface area contributed by atoms with Crippen LogP contribution in [0.1, 0.15) is 19.3 Å². The molecule has 2 fully saturated rings. The van der Waals surface area contributed by atoms with Gasteiger partial charge in [-0.3, -0.25) is 9.59 Å². The molecule has 0 aliphatic carbocycles. The summed E-state index contributed by atoms with van der Waals surface area (Å²) in [5, 5.41) is 2.83. The van der Waals surface area contributed by atoms with Crippen LogP contribution < -0.4 is 5.32 Å². The SMILES string of the molecule is O=C1CN(C(=O)C2CCCCS2)CCN1. The Morgan fingerprint density at radius 1 is 1.47 bits per heavy atom. The van der Waals surface area contributed by atoms with Crippen LogP contribution in [0.25, 0.3) is 0 Å². The van der Waals surface area contributed by atoms with Crippen molar-refractivity contribution in [1.82, 2.24) is 10.2 Å². The van der Waals surface area contributed by atoms with Gasteiger partial charge in [-0.25, -0.2) is 0 Å². The van der Waals surface area contributed by atoms with Crippen LogP contribution in [0.15, 0.2) is 0 Å². The summed E-state index contributed by atoms with van der Waals surface area (Å²) < 4.78 is 0. The second kappa shape index (κ2) is 4.88. The number of hydrogen-bond donors (Lipinski definition) is 1. The van der Waals surface area contributed by atoms with Gasteiger partial charge in [-0.05, 0) is 18.6 Å². The lowest BCUT2D eigenvalue weighted by Crippen LogP contribution is -2.52. The van der Waals surface area contributed by atoms with Crippen LogP contribution in [0.2, 0.25) is 0 Å². The fourth-order valence-electron chi connectivity index (χ4n) is 1.97. The van der Waals surface area contributed by atoms with Crippen molar-refractivity contribution in [2.24, 2.45) is 0 Å². The lowest BCUT2D eigenvalue weighted by molar-refractivity contribution is -0.137. The van der Waals surface area contributed by atoms with E-state index in [1.807, 2.05) is 0 Å². The molecule has 1 N–H and O–H groups in total. The maximum Gasteiger partial charge on any atom is 0.239 e. The number of piperazine rings is 1. The van der Waals surface area contributed by atoms with E-state index >= 15 is 0 Å². The first-order chi connectivity index (χ1) is 7.27. The highest BCUT2D eigenvalue weighted by atomic mass is 32.2. The molecule has 2 saturated heterocycles. The number of carbonyl (C=O) groups is 2. The minimum absolute atomic E-state index is 0.0320. The Balaban J connectivity index is 1.90. The monoisotopic (exact) mass is 228 g/mol. The molecule has 4 nitrogen and oxygen atoms in total. The van der Waals surface area contributed by atoms with Gasteiger partial charge < -0.3 is 10.2 Å². The zero-order chi connectivity index (χ0) is 10.7. The van der Waals surface area contributed by atoms with E-state index in [0.717, 1.165) is 18.6 Å². The molecule has 0 radical (unpaired) electrons. The third-order valence-corrected chi connectivity index (χ3v) is 4.17. The number of nitrogens with zero attached hydrogens (tertiary/aromatic N) is 1. The molecule has 2 aliphatic heterocycles.